The molecule has 1 saturated carbocycles. The molecule has 0 unspecified atom stereocenters. The van der Waals surface area contributed by atoms with Crippen LogP contribution in [0.25, 0.3) is 0 Å². The van der Waals surface area contributed by atoms with Crippen LogP contribution in [0.2, 0.25) is 0 Å². The van der Waals surface area contributed by atoms with Crippen molar-refractivity contribution >= 4 is 5.82 Å². The van der Waals surface area contributed by atoms with Gasteiger partial charge in [0, 0.05) is 6.54 Å². The predicted molar refractivity (Wildman–Crippen MR) is 76.4 cm³/mol. The number of anilines is 1. The Morgan fingerprint density at radius 1 is 1.32 bits per heavy atom. The van der Waals surface area contributed by atoms with E-state index < -0.39 is 0 Å². The molecule has 0 bridgehead atoms. The zero-order valence-electron chi connectivity index (χ0n) is 11.9. The standard InChI is InChI=1S/C14H24N4O/c1-11-12(17-10-18-13(11)19-2)16-9-14(8-15)6-4-3-5-7-14/h10H,3-9,15H2,1-2H3,(H,16,17,18). The van der Waals surface area contributed by atoms with E-state index in [0.717, 1.165) is 24.5 Å². The van der Waals surface area contributed by atoms with E-state index in [9.17, 15) is 0 Å². The smallest absolute Gasteiger partial charge is 0.221 e. The maximum atomic E-state index is 6.00. The highest BCUT2D eigenvalue weighted by Gasteiger charge is 2.30. The number of hydrogen-bond acceptors (Lipinski definition) is 5. The molecule has 0 amide bonds. The minimum Gasteiger partial charge on any atom is -0.481 e. The minimum absolute atomic E-state index is 0.225. The lowest BCUT2D eigenvalue weighted by molar-refractivity contribution is 0.215. The first-order valence-electron chi connectivity index (χ1n) is 7.00. The predicted octanol–water partition coefficient (Wildman–Crippen LogP) is 2.11. The van der Waals surface area contributed by atoms with Crippen LogP contribution >= 0.6 is 0 Å². The number of methoxy groups -OCH3 is 1. The lowest BCUT2D eigenvalue weighted by Gasteiger charge is -2.36. The molecule has 0 radical (unpaired) electrons. The van der Waals surface area contributed by atoms with Crippen molar-refractivity contribution < 1.29 is 4.74 Å². The molecule has 19 heavy (non-hydrogen) atoms. The second-order valence-electron chi connectivity index (χ2n) is 5.47. The van der Waals surface area contributed by atoms with Gasteiger partial charge in [-0.25, -0.2) is 9.97 Å². The van der Waals surface area contributed by atoms with Gasteiger partial charge in [0.25, 0.3) is 0 Å². The van der Waals surface area contributed by atoms with E-state index in [2.05, 4.69) is 15.3 Å². The summed E-state index contributed by atoms with van der Waals surface area (Å²) in [5.74, 6) is 1.48. The summed E-state index contributed by atoms with van der Waals surface area (Å²) in [6, 6.07) is 0. The molecule has 5 heteroatoms. The molecule has 2 rings (SSSR count). The van der Waals surface area contributed by atoms with Crippen LogP contribution in [0, 0.1) is 12.3 Å². The second kappa shape index (κ2) is 6.19. The number of nitrogens with one attached hydrogen (secondary N) is 1. The number of rotatable bonds is 5. The average Bonchev–Trinajstić information content (AvgIpc) is 2.47. The Labute approximate surface area is 115 Å². The molecule has 1 aliphatic rings. The highest BCUT2D eigenvalue weighted by molar-refractivity contribution is 5.47. The van der Waals surface area contributed by atoms with E-state index in [1.807, 2.05) is 6.92 Å². The van der Waals surface area contributed by atoms with Gasteiger partial charge in [-0.3, -0.25) is 0 Å². The van der Waals surface area contributed by atoms with Gasteiger partial charge in [0.2, 0.25) is 5.88 Å². The fourth-order valence-electron chi connectivity index (χ4n) is 2.84. The van der Waals surface area contributed by atoms with Crippen molar-refractivity contribution in [1.29, 1.82) is 0 Å². The van der Waals surface area contributed by atoms with Crippen LogP contribution in [0.5, 0.6) is 5.88 Å². The number of ether oxygens (including phenoxy) is 1. The van der Waals surface area contributed by atoms with Crippen molar-refractivity contribution in [2.24, 2.45) is 11.1 Å². The Morgan fingerprint density at radius 3 is 2.68 bits per heavy atom. The summed E-state index contributed by atoms with van der Waals surface area (Å²) in [6.45, 7) is 3.59. The first-order chi connectivity index (χ1) is 9.21. The van der Waals surface area contributed by atoms with Crippen molar-refractivity contribution in [3.8, 4) is 5.88 Å². The van der Waals surface area contributed by atoms with Crippen LogP contribution in [0.1, 0.15) is 37.7 Å². The van der Waals surface area contributed by atoms with E-state index in [1.54, 1.807) is 7.11 Å². The number of aromatic nitrogens is 2. The summed E-state index contributed by atoms with van der Waals surface area (Å²) in [5, 5.41) is 3.44. The maximum Gasteiger partial charge on any atom is 0.221 e. The Bertz CT molecular complexity index is 416. The molecule has 0 aliphatic heterocycles. The topological polar surface area (TPSA) is 73.1 Å². The van der Waals surface area contributed by atoms with Gasteiger partial charge in [-0.15, -0.1) is 0 Å². The number of hydrogen-bond donors (Lipinski definition) is 2. The van der Waals surface area contributed by atoms with Crippen molar-refractivity contribution in [3.05, 3.63) is 11.9 Å². The third kappa shape index (κ3) is 3.15. The lowest BCUT2D eigenvalue weighted by atomic mass is 9.74. The number of nitrogens with zero attached hydrogens (tertiary/aromatic N) is 2. The monoisotopic (exact) mass is 264 g/mol. The van der Waals surface area contributed by atoms with Crippen molar-refractivity contribution in [2.45, 2.75) is 39.0 Å². The molecule has 0 spiro atoms. The van der Waals surface area contributed by atoms with Crippen molar-refractivity contribution in [1.82, 2.24) is 9.97 Å². The summed E-state index contributed by atoms with van der Waals surface area (Å²) in [6.07, 6.45) is 7.84. The Hall–Kier alpha value is -1.36. The highest BCUT2D eigenvalue weighted by atomic mass is 16.5. The molecule has 1 heterocycles. The first-order valence-corrected chi connectivity index (χ1v) is 7.00. The second-order valence-corrected chi connectivity index (χ2v) is 5.47. The quantitative estimate of drug-likeness (QED) is 0.852. The Balaban J connectivity index is 2.05. The average molecular weight is 264 g/mol. The van der Waals surface area contributed by atoms with E-state index in [-0.39, 0.29) is 5.41 Å². The van der Waals surface area contributed by atoms with Gasteiger partial charge in [-0.05, 0) is 31.7 Å². The molecule has 106 valence electrons. The molecule has 1 aromatic rings. The van der Waals surface area contributed by atoms with Crippen molar-refractivity contribution in [3.63, 3.8) is 0 Å². The van der Waals surface area contributed by atoms with Crippen LogP contribution < -0.4 is 15.8 Å². The molecule has 0 aromatic carbocycles. The first kappa shape index (κ1) is 14.1. The third-order valence-electron chi connectivity index (χ3n) is 4.21. The fraction of sp³-hybridized carbons (Fsp3) is 0.714. The largest absolute Gasteiger partial charge is 0.481 e. The molecular formula is C14H24N4O. The SMILES string of the molecule is COc1ncnc(NCC2(CN)CCCCC2)c1C. The molecule has 0 saturated heterocycles. The van der Waals surface area contributed by atoms with E-state index in [4.69, 9.17) is 10.5 Å². The fourth-order valence-corrected chi connectivity index (χ4v) is 2.84. The molecule has 3 N–H and O–H groups in total. The molecule has 1 fully saturated rings. The van der Waals surface area contributed by atoms with Gasteiger partial charge in [0.1, 0.15) is 12.1 Å². The summed E-state index contributed by atoms with van der Waals surface area (Å²) < 4.78 is 5.21. The van der Waals surface area contributed by atoms with Gasteiger partial charge in [0.15, 0.2) is 0 Å². The van der Waals surface area contributed by atoms with Crippen LogP contribution in [0.3, 0.4) is 0 Å². The van der Waals surface area contributed by atoms with E-state index >= 15 is 0 Å². The zero-order valence-corrected chi connectivity index (χ0v) is 11.9. The molecule has 1 aromatic heterocycles. The normalized spacial score (nSPS) is 18.1. The van der Waals surface area contributed by atoms with Gasteiger partial charge >= 0.3 is 0 Å². The van der Waals surface area contributed by atoms with Gasteiger partial charge in [0.05, 0.1) is 12.7 Å². The van der Waals surface area contributed by atoms with Crippen molar-refractivity contribution in [2.75, 3.05) is 25.5 Å². The Kier molecular flexibility index (Phi) is 4.58. The zero-order chi connectivity index (χ0) is 13.7. The third-order valence-corrected chi connectivity index (χ3v) is 4.21. The maximum absolute atomic E-state index is 6.00. The van der Waals surface area contributed by atoms with E-state index in [0.29, 0.717) is 5.88 Å². The van der Waals surface area contributed by atoms with Gasteiger partial charge in [-0.1, -0.05) is 19.3 Å². The molecule has 0 atom stereocenters. The highest BCUT2D eigenvalue weighted by Crippen LogP contribution is 2.35. The molecular weight excluding hydrogens is 240 g/mol. The summed E-state index contributed by atoms with van der Waals surface area (Å²) in [4.78, 5) is 8.39. The van der Waals surface area contributed by atoms with Gasteiger partial charge in [-0.2, -0.15) is 0 Å². The van der Waals surface area contributed by atoms with Crippen LogP contribution in [-0.2, 0) is 0 Å². The summed E-state index contributed by atoms with van der Waals surface area (Å²) in [5.41, 5.74) is 7.18. The lowest BCUT2D eigenvalue weighted by Crippen LogP contribution is -2.39. The minimum atomic E-state index is 0.225. The Morgan fingerprint density at radius 2 is 2.05 bits per heavy atom. The molecule has 5 nitrogen and oxygen atoms in total. The molecule has 1 aliphatic carbocycles. The van der Waals surface area contributed by atoms with Crippen LogP contribution in [0.15, 0.2) is 6.33 Å². The van der Waals surface area contributed by atoms with Crippen LogP contribution in [-0.4, -0.2) is 30.2 Å². The van der Waals surface area contributed by atoms with Crippen LogP contribution in [0.4, 0.5) is 5.82 Å². The van der Waals surface area contributed by atoms with E-state index in [1.165, 1.54) is 38.4 Å². The summed E-state index contributed by atoms with van der Waals surface area (Å²) in [7, 11) is 1.63. The van der Waals surface area contributed by atoms with Gasteiger partial charge < -0.3 is 15.8 Å². The number of nitrogens with two attached hydrogens (primary N) is 1. The summed E-state index contributed by atoms with van der Waals surface area (Å²) >= 11 is 0.